The Balaban J connectivity index is 2.16. The summed E-state index contributed by atoms with van der Waals surface area (Å²) in [6.07, 6.45) is 0.678. The van der Waals surface area contributed by atoms with E-state index < -0.39 is 10.0 Å². The molecule has 22 heavy (non-hydrogen) atoms. The number of para-hydroxylation sites is 1. The number of benzene rings is 1. The van der Waals surface area contributed by atoms with Gasteiger partial charge in [0.25, 0.3) is 0 Å². The van der Waals surface area contributed by atoms with E-state index in [9.17, 15) is 8.42 Å². The van der Waals surface area contributed by atoms with Crippen LogP contribution in [0.2, 0.25) is 0 Å². The normalized spacial score (nSPS) is 17.2. The fourth-order valence-corrected chi connectivity index (χ4v) is 4.65. The maximum absolute atomic E-state index is 12.2. The zero-order valence-corrected chi connectivity index (χ0v) is 15.0. The second-order valence-corrected chi connectivity index (χ2v) is 8.46. The number of piperazine rings is 1. The fourth-order valence-electron chi connectivity index (χ4n) is 3.16. The van der Waals surface area contributed by atoms with Crippen molar-refractivity contribution in [1.29, 1.82) is 0 Å². The van der Waals surface area contributed by atoms with Gasteiger partial charge < -0.3 is 4.90 Å². The van der Waals surface area contributed by atoms with E-state index in [1.165, 1.54) is 16.8 Å². The Morgan fingerprint density at radius 3 is 2.32 bits per heavy atom. The molecule has 1 aromatic carbocycles. The van der Waals surface area contributed by atoms with E-state index in [0.29, 0.717) is 25.4 Å². The third-order valence-corrected chi connectivity index (χ3v) is 6.38. The van der Waals surface area contributed by atoms with E-state index in [0.717, 1.165) is 13.1 Å². The van der Waals surface area contributed by atoms with Crippen LogP contribution in [0.3, 0.4) is 0 Å². The topological polar surface area (TPSA) is 40.6 Å². The Labute approximate surface area is 135 Å². The number of hydrogen-bond donors (Lipinski definition) is 0. The van der Waals surface area contributed by atoms with E-state index in [-0.39, 0.29) is 5.75 Å². The first-order valence-electron chi connectivity index (χ1n) is 8.19. The molecule has 0 aliphatic carbocycles. The van der Waals surface area contributed by atoms with Crippen LogP contribution in [0.25, 0.3) is 0 Å². The quantitative estimate of drug-likeness (QED) is 0.836. The predicted molar refractivity (Wildman–Crippen MR) is 93.1 cm³/mol. The molecule has 1 aliphatic rings. The van der Waals surface area contributed by atoms with E-state index in [2.05, 4.69) is 43.9 Å². The summed E-state index contributed by atoms with van der Waals surface area (Å²) < 4.78 is 26.0. The number of anilines is 1. The summed E-state index contributed by atoms with van der Waals surface area (Å²) >= 11 is 0. The third-order valence-electron chi connectivity index (χ3n) is 4.30. The van der Waals surface area contributed by atoms with Crippen molar-refractivity contribution in [2.24, 2.45) is 0 Å². The van der Waals surface area contributed by atoms with Crippen LogP contribution in [0, 0.1) is 6.92 Å². The molecule has 1 fully saturated rings. The van der Waals surface area contributed by atoms with Crippen LogP contribution >= 0.6 is 0 Å². The van der Waals surface area contributed by atoms with Crippen molar-refractivity contribution in [3.8, 4) is 0 Å². The minimum absolute atomic E-state index is 0.259. The number of nitrogens with zero attached hydrogens (tertiary/aromatic N) is 2. The average molecular weight is 324 g/mol. The fraction of sp³-hybridized carbons (Fsp3) is 0.647. The van der Waals surface area contributed by atoms with Crippen LogP contribution < -0.4 is 4.90 Å². The van der Waals surface area contributed by atoms with Gasteiger partial charge in [0.1, 0.15) is 0 Å². The molecule has 1 aliphatic heterocycles. The summed E-state index contributed by atoms with van der Waals surface area (Å²) in [7, 11) is -3.07. The molecule has 124 valence electrons. The lowest BCUT2D eigenvalue weighted by atomic mass is 9.97. The third kappa shape index (κ3) is 3.63. The van der Waals surface area contributed by atoms with Gasteiger partial charge in [-0.3, -0.25) is 0 Å². The van der Waals surface area contributed by atoms with Gasteiger partial charge >= 0.3 is 0 Å². The molecule has 1 saturated heterocycles. The Hall–Kier alpha value is -1.07. The zero-order chi connectivity index (χ0) is 16.3. The molecule has 5 heteroatoms. The van der Waals surface area contributed by atoms with E-state index in [1.54, 1.807) is 4.31 Å². The molecule has 0 atom stereocenters. The molecule has 2 rings (SSSR count). The summed E-state index contributed by atoms with van der Waals surface area (Å²) in [5, 5.41) is 0. The smallest absolute Gasteiger partial charge is 0.214 e. The van der Waals surface area contributed by atoms with Crippen molar-refractivity contribution in [2.45, 2.75) is 40.0 Å². The Kier molecular flexibility index (Phi) is 5.50. The maximum atomic E-state index is 12.2. The average Bonchev–Trinajstić information content (AvgIpc) is 2.47. The van der Waals surface area contributed by atoms with E-state index in [1.807, 2.05) is 6.92 Å². The van der Waals surface area contributed by atoms with Gasteiger partial charge in [-0.05, 0) is 30.4 Å². The van der Waals surface area contributed by atoms with Crippen LogP contribution in [-0.4, -0.2) is 44.7 Å². The summed E-state index contributed by atoms with van der Waals surface area (Å²) in [4.78, 5) is 2.35. The molecular weight excluding hydrogens is 296 g/mol. The molecule has 0 saturated carbocycles. The van der Waals surface area contributed by atoms with Crippen LogP contribution in [0.15, 0.2) is 18.2 Å². The second kappa shape index (κ2) is 7.01. The molecule has 0 N–H and O–H groups in total. The predicted octanol–water partition coefficient (Wildman–Crippen LogP) is 2.98. The van der Waals surface area contributed by atoms with Gasteiger partial charge in [-0.2, -0.15) is 4.31 Å². The molecule has 0 radical (unpaired) electrons. The van der Waals surface area contributed by atoms with Crippen LogP contribution in [0.4, 0.5) is 5.69 Å². The van der Waals surface area contributed by atoms with Crippen molar-refractivity contribution < 1.29 is 8.42 Å². The molecule has 0 unspecified atom stereocenters. The summed E-state index contributed by atoms with van der Waals surface area (Å²) in [5.74, 6) is 0.728. The van der Waals surface area contributed by atoms with Crippen LogP contribution in [0.1, 0.15) is 44.2 Å². The second-order valence-electron chi connectivity index (χ2n) is 6.37. The van der Waals surface area contributed by atoms with Crippen LogP contribution in [0.5, 0.6) is 0 Å². The highest BCUT2D eigenvalue weighted by atomic mass is 32.2. The first kappa shape index (κ1) is 17.3. The van der Waals surface area contributed by atoms with Crippen molar-refractivity contribution in [2.75, 3.05) is 36.8 Å². The number of aryl methyl sites for hydroxylation is 1. The van der Waals surface area contributed by atoms with Gasteiger partial charge in [0.2, 0.25) is 10.0 Å². The van der Waals surface area contributed by atoms with E-state index in [4.69, 9.17) is 0 Å². The Bertz CT molecular complexity index is 603. The van der Waals surface area contributed by atoms with Gasteiger partial charge in [-0.15, -0.1) is 0 Å². The molecule has 4 nitrogen and oxygen atoms in total. The highest BCUT2D eigenvalue weighted by Crippen LogP contribution is 2.31. The molecule has 0 aromatic heterocycles. The first-order valence-corrected chi connectivity index (χ1v) is 9.80. The van der Waals surface area contributed by atoms with Crippen molar-refractivity contribution >= 4 is 15.7 Å². The number of hydrogen-bond acceptors (Lipinski definition) is 3. The van der Waals surface area contributed by atoms with Crippen molar-refractivity contribution in [3.63, 3.8) is 0 Å². The first-order chi connectivity index (χ1) is 10.4. The monoisotopic (exact) mass is 324 g/mol. The lowest BCUT2D eigenvalue weighted by Gasteiger charge is -2.37. The summed E-state index contributed by atoms with van der Waals surface area (Å²) in [6, 6.07) is 6.44. The molecule has 0 bridgehead atoms. The van der Waals surface area contributed by atoms with Crippen molar-refractivity contribution in [3.05, 3.63) is 29.3 Å². The van der Waals surface area contributed by atoms with Gasteiger partial charge in [0, 0.05) is 31.9 Å². The van der Waals surface area contributed by atoms with Crippen LogP contribution in [-0.2, 0) is 10.0 Å². The summed E-state index contributed by atoms with van der Waals surface area (Å²) in [6.45, 7) is 11.2. The molecule has 0 spiro atoms. The highest BCUT2D eigenvalue weighted by molar-refractivity contribution is 7.89. The van der Waals surface area contributed by atoms with E-state index >= 15 is 0 Å². The minimum Gasteiger partial charge on any atom is -0.368 e. The number of sulfonamides is 1. The summed E-state index contributed by atoms with van der Waals surface area (Å²) in [5.41, 5.74) is 3.92. The van der Waals surface area contributed by atoms with Crippen molar-refractivity contribution in [1.82, 2.24) is 4.31 Å². The minimum atomic E-state index is -3.07. The number of rotatable bonds is 5. The Morgan fingerprint density at radius 2 is 1.77 bits per heavy atom. The molecule has 1 heterocycles. The largest absolute Gasteiger partial charge is 0.368 e. The molecule has 1 aromatic rings. The molecular formula is C17H28N2O2S. The standard InChI is InChI=1S/C17H28N2O2S/c1-5-13-22(20,21)19-11-9-18(10-12-19)17-15(4)7-6-8-16(17)14(2)3/h6-8,14H,5,9-13H2,1-4H3. The van der Waals surface area contributed by atoms with Gasteiger partial charge in [-0.25, -0.2) is 8.42 Å². The SMILES string of the molecule is CCCS(=O)(=O)N1CCN(c2c(C)cccc2C(C)C)CC1. The highest BCUT2D eigenvalue weighted by Gasteiger charge is 2.27. The van der Waals surface area contributed by atoms with Gasteiger partial charge in [-0.1, -0.05) is 39.0 Å². The van der Waals surface area contributed by atoms with Gasteiger partial charge in [0.15, 0.2) is 0 Å². The zero-order valence-electron chi connectivity index (χ0n) is 14.2. The lowest BCUT2D eigenvalue weighted by Crippen LogP contribution is -2.49. The lowest BCUT2D eigenvalue weighted by molar-refractivity contribution is 0.384. The Morgan fingerprint density at radius 1 is 1.14 bits per heavy atom. The van der Waals surface area contributed by atoms with Gasteiger partial charge in [0.05, 0.1) is 5.75 Å². The molecule has 0 amide bonds. The maximum Gasteiger partial charge on any atom is 0.214 e.